The maximum absolute atomic E-state index is 12.6. The van der Waals surface area contributed by atoms with Crippen LogP contribution in [0.15, 0.2) is 72.1 Å². The summed E-state index contributed by atoms with van der Waals surface area (Å²) in [5.41, 5.74) is 2.03. The number of phenolic OH excluding ortho intramolecular Hbond substituents is 1. The minimum Gasteiger partial charge on any atom is -0.508 e. The largest absolute Gasteiger partial charge is 0.508 e. The fraction of sp³-hybridized carbons (Fsp3) is 0.182. The molecule has 0 fully saturated rings. The predicted molar refractivity (Wildman–Crippen MR) is 108 cm³/mol. The molecule has 0 aromatic heterocycles. The molecule has 2 aromatic carbocycles. The van der Waals surface area contributed by atoms with Gasteiger partial charge in [0.05, 0.1) is 31.3 Å². The number of aromatic hydroxyl groups is 1. The molecule has 0 bridgehead atoms. The van der Waals surface area contributed by atoms with Crippen LogP contribution in [0, 0.1) is 0 Å². The standard InChI is InChI=1S/C22H20ClNO5/c1-28-21(26)18-12-24(11-14-6-8-16(23)9-7-14)13-19(22(27)29-2)20(18)15-4-3-5-17(25)10-15/h3-10,12-13,20,25H,11H2,1-2H3. The molecule has 150 valence electrons. The second-order valence-electron chi connectivity index (χ2n) is 6.48. The Labute approximate surface area is 173 Å². The molecule has 7 heteroatoms. The molecule has 1 N–H and O–H groups in total. The lowest BCUT2D eigenvalue weighted by atomic mass is 9.83. The van der Waals surface area contributed by atoms with E-state index in [1.807, 2.05) is 12.1 Å². The van der Waals surface area contributed by atoms with Crippen molar-refractivity contribution in [3.8, 4) is 5.75 Å². The summed E-state index contributed by atoms with van der Waals surface area (Å²) in [4.78, 5) is 26.8. The van der Waals surface area contributed by atoms with Gasteiger partial charge in [-0.2, -0.15) is 0 Å². The highest BCUT2D eigenvalue weighted by molar-refractivity contribution is 6.30. The van der Waals surface area contributed by atoms with Gasteiger partial charge in [0.25, 0.3) is 0 Å². The number of hydrogen-bond donors (Lipinski definition) is 1. The molecule has 1 aliphatic rings. The highest BCUT2D eigenvalue weighted by Gasteiger charge is 2.35. The van der Waals surface area contributed by atoms with E-state index in [1.54, 1.807) is 41.6 Å². The minimum atomic E-state index is -0.733. The zero-order valence-electron chi connectivity index (χ0n) is 16.0. The van der Waals surface area contributed by atoms with Crippen molar-refractivity contribution < 1.29 is 24.2 Å². The Bertz CT molecular complexity index is 947. The number of halogens is 1. The second-order valence-corrected chi connectivity index (χ2v) is 6.92. The van der Waals surface area contributed by atoms with Crippen molar-refractivity contribution in [1.29, 1.82) is 0 Å². The lowest BCUT2D eigenvalue weighted by Crippen LogP contribution is -2.28. The molecule has 1 heterocycles. The SMILES string of the molecule is COC(=O)C1=CN(Cc2ccc(Cl)cc2)C=C(C(=O)OC)C1c1cccc(O)c1. The third kappa shape index (κ3) is 4.60. The van der Waals surface area contributed by atoms with Gasteiger partial charge in [0.1, 0.15) is 5.75 Å². The summed E-state index contributed by atoms with van der Waals surface area (Å²) in [6.45, 7) is 0.408. The van der Waals surface area contributed by atoms with E-state index < -0.39 is 17.9 Å². The van der Waals surface area contributed by atoms with Gasteiger partial charge in [-0.1, -0.05) is 35.9 Å². The van der Waals surface area contributed by atoms with Crippen LogP contribution in [0.1, 0.15) is 17.0 Å². The summed E-state index contributed by atoms with van der Waals surface area (Å²) in [6, 6.07) is 13.7. The first-order chi connectivity index (χ1) is 13.9. The molecular formula is C22H20ClNO5. The molecule has 0 atom stereocenters. The molecule has 0 spiro atoms. The first-order valence-corrected chi connectivity index (χ1v) is 9.20. The number of hydrogen-bond acceptors (Lipinski definition) is 6. The average molecular weight is 414 g/mol. The highest BCUT2D eigenvalue weighted by atomic mass is 35.5. The third-order valence-electron chi connectivity index (χ3n) is 4.56. The molecule has 3 rings (SSSR count). The van der Waals surface area contributed by atoms with Gasteiger partial charge in [-0.05, 0) is 35.4 Å². The highest BCUT2D eigenvalue weighted by Crippen LogP contribution is 2.38. The number of phenols is 1. The molecule has 0 unspecified atom stereocenters. The average Bonchev–Trinajstić information content (AvgIpc) is 2.73. The van der Waals surface area contributed by atoms with Crippen LogP contribution in [0.4, 0.5) is 0 Å². The van der Waals surface area contributed by atoms with Gasteiger partial charge in [-0.25, -0.2) is 9.59 Å². The smallest absolute Gasteiger partial charge is 0.336 e. The van der Waals surface area contributed by atoms with Crippen molar-refractivity contribution in [1.82, 2.24) is 4.90 Å². The van der Waals surface area contributed by atoms with Crippen LogP contribution in [0.3, 0.4) is 0 Å². The van der Waals surface area contributed by atoms with Gasteiger partial charge in [0, 0.05) is 24.0 Å². The summed E-state index contributed by atoms with van der Waals surface area (Å²) in [7, 11) is 2.56. The Morgan fingerprint density at radius 1 is 1.00 bits per heavy atom. The summed E-state index contributed by atoms with van der Waals surface area (Å²) in [5.74, 6) is -1.86. The van der Waals surface area contributed by atoms with Gasteiger partial charge < -0.3 is 19.5 Å². The van der Waals surface area contributed by atoms with E-state index in [9.17, 15) is 14.7 Å². The Kier molecular flexibility index (Phi) is 6.24. The fourth-order valence-corrected chi connectivity index (χ4v) is 3.37. The lowest BCUT2D eigenvalue weighted by molar-refractivity contribution is -0.137. The monoisotopic (exact) mass is 413 g/mol. The van der Waals surface area contributed by atoms with E-state index in [0.717, 1.165) is 5.56 Å². The van der Waals surface area contributed by atoms with Crippen LogP contribution in [0.25, 0.3) is 0 Å². The van der Waals surface area contributed by atoms with Crippen molar-refractivity contribution in [2.75, 3.05) is 14.2 Å². The van der Waals surface area contributed by atoms with Crippen LogP contribution in [0.2, 0.25) is 5.02 Å². The summed E-state index contributed by atoms with van der Waals surface area (Å²) < 4.78 is 9.91. The van der Waals surface area contributed by atoms with Gasteiger partial charge in [-0.3, -0.25) is 0 Å². The summed E-state index contributed by atoms with van der Waals surface area (Å²) in [6.07, 6.45) is 3.28. The molecular weight excluding hydrogens is 394 g/mol. The number of methoxy groups -OCH3 is 2. The van der Waals surface area contributed by atoms with Gasteiger partial charge in [-0.15, -0.1) is 0 Å². The van der Waals surface area contributed by atoms with Crippen LogP contribution in [-0.4, -0.2) is 36.2 Å². The second kappa shape index (κ2) is 8.84. The van der Waals surface area contributed by atoms with E-state index in [0.29, 0.717) is 17.1 Å². The maximum Gasteiger partial charge on any atom is 0.336 e. The number of benzene rings is 2. The normalized spacial score (nSPS) is 14.1. The number of rotatable bonds is 5. The van der Waals surface area contributed by atoms with Gasteiger partial charge in [0.15, 0.2) is 0 Å². The molecule has 0 saturated carbocycles. The predicted octanol–water partition coefficient (Wildman–Crippen LogP) is 3.76. The maximum atomic E-state index is 12.6. The number of ether oxygens (including phenoxy) is 2. The number of nitrogens with zero attached hydrogens (tertiary/aromatic N) is 1. The quantitative estimate of drug-likeness (QED) is 0.752. The van der Waals surface area contributed by atoms with Crippen LogP contribution in [0.5, 0.6) is 5.75 Å². The van der Waals surface area contributed by atoms with Crippen molar-refractivity contribution in [2.24, 2.45) is 0 Å². The molecule has 0 saturated heterocycles. The fourth-order valence-electron chi connectivity index (χ4n) is 3.24. The first-order valence-electron chi connectivity index (χ1n) is 8.82. The van der Waals surface area contributed by atoms with E-state index in [2.05, 4.69) is 0 Å². The molecule has 29 heavy (non-hydrogen) atoms. The summed E-state index contributed by atoms with van der Waals surface area (Å²) >= 11 is 5.94. The molecule has 0 aliphatic carbocycles. The van der Waals surface area contributed by atoms with E-state index in [-0.39, 0.29) is 16.9 Å². The molecule has 0 amide bonds. The molecule has 2 aromatic rings. The topological polar surface area (TPSA) is 76.1 Å². The molecule has 0 radical (unpaired) electrons. The Morgan fingerprint density at radius 2 is 1.59 bits per heavy atom. The van der Waals surface area contributed by atoms with Crippen molar-refractivity contribution in [2.45, 2.75) is 12.5 Å². The van der Waals surface area contributed by atoms with Crippen LogP contribution in [-0.2, 0) is 25.6 Å². The van der Waals surface area contributed by atoms with Crippen LogP contribution >= 0.6 is 11.6 Å². The van der Waals surface area contributed by atoms with E-state index >= 15 is 0 Å². The number of carbonyl (C=O) groups excluding carboxylic acids is 2. The van der Waals surface area contributed by atoms with E-state index in [4.69, 9.17) is 21.1 Å². The minimum absolute atomic E-state index is 0.0273. The molecule has 1 aliphatic heterocycles. The van der Waals surface area contributed by atoms with Crippen molar-refractivity contribution in [3.63, 3.8) is 0 Å². The summed E-state index contributed by atoms with van der Waals surface area (Å²) in [5, 5.41) is 10.5. The van der Waals surface area contributed by atoms with E-state index in [1.165, 1.54) is 26.4 Å². The molecule has 6 nitrogen and oxygen atoms in total. The van der Waals surface area contributed by atoms with Crippen molar-refractivity contribution >= 4 is 23.5 Å². The zero-order valence-corrected chi connectivity index (χ0v) is 16.7. The van der Waals surface area contributed by atoms with Crippen molar-refractivity contribution in [3.05, 3.63) is 88.2 Å². The number of carbonyl (C=O) groups is 2. The Hall–Kier alpha value is -3.25. The zero-order chi connectivity index (χ0) is 21.0. The first kappa shape index (κ1) is 20.5. The Balaban J connectivity index is 2.07. The third-order valence-corrected chi connectivity index (χ3v) is 4.81. The lowest BCUT2D eigenvalue weighted by Gasteiger charge is -2.30. The van der Waals surface area contributed by atoms with Gasteiger partial charge in [0.2, 0.25) is 0 Å². The number of esters is 2. The van der Waals surface area contributed by atoms with Gasteiger partial charge >= 0.3 is 11.9 Å². The van der Waals surface area contributed by atoms with Crippen LogP contribution < -0.4 is 0 Å². The Morgan fingerprint density at radius 3 is 2.10 bits per heavy atom.